The minimum absolute atomic E-state index is 0.00801. The standard InChI is InChI=1S/C19H19N5O5S/c1-13-8-10-14(11-9-13)30(28,29)23(3)19-15(12-20-22(19)2)18(25)21-16-6-4-5-7-17(16)24(26)27/h4-12H,1-3H3,(H,21,25). The highest BCUT2D eigenvalue weighted by atomic mass is 32.2. The van der Waals surface area contributed by atoms with E-state index in [0.29, 0.717) is 0 Å². The molecule has 0 bridgehead atoms. The quantitative estimate of drug-likeness (QED) is 0.474. The minimum Gasteiger partial charge on any atom is -0.316 e. The Morgan fingerprint density at radius 2 is 1.80 bits per heavy atom. The van der Waals surface area contributed by atoms with Crippen LogP contribution < -0.4 is 9.62 Å². The van der Waals surface area contributed by atoms with Crippen molar-refractivity contribution in [3.05, 3.63) is 76.0 Å². The Morgan fingerprint density at radius 1 is 1.17 bits per heavy atom. The summed E-state index contributed by atoms with van der Waals surface area (Å²) < 4.78 is 28.3. The van der Waals surface area contributed by atoms with Gasteiger partial charge in [-0.2, -0.15) is 5.10 Å². The number of carbonyl (C=O) groups is 1. The first-order valence-electron chi connectivity index (χ1n) is 8.75. The van der Waals surface area contributed by atoms with Crippen molar-refractivity contribution in [2.24, 2.45) is 7.05 Å². The largest absolute Gasteiger partial charge is 0.316 e. The van der Waals surface area contributed by atoms with E-state index >= 15 is 0 Å². The zero-order valence-electron chi connectivity index (χ0n) is 16.4. The Balaban J connectivity index is 1.98. The number of carbonyl (C=O) groups excluding carboxylic acids is 1. The van der Waals surface area contributed by atoms with Crippen molar-refractivity contribution in [3.8, 4) is 0 Å². The number of benzene rings is 2. The molecular formula is C19H19N5O5S. The van der Waals surface area contributed by atoms with Crippen LogP contribution >= 0.6 is 0 Å². The molecule has 1 aromatic heterocycles. The van der Waals surface area contributed by atoms with Gasteiger partial charge in [0.05, 0.1) is 16.0 Å². The summed E-state index contributed by atoms with van der Waals surface area (Å²) in [6, 6.07) is 12.0. The van der Waals surface area contributed by atoms with E-state index in [1.54, 1.807) is 18.2 Å². The van der Waals surface area contributed by atoms with Crippen molar-refractivity contribution in [3.63, 3.8) is 0 Å². The number of nitrogens with one attached hydrogen (secondary N) is 1. The van der Waals surface area contributed by atoms with E-state index in [9.17, 15) is 23.3 Å². The lowest BCUT2D eigenvalue weighted by molar-refractivity contribution is -0.383. The van der Waals surface area contributed by atoms with Gasteiger partial charge in [-0.1, -0.05) is 29.8 Å². The fourth-order valence-corrected chi connectivity index (χ4v) is 4.12. The summed E-state index contributed by atoms with van der Waals surface area (Å²) in [5.41, 5.74) is 0.568. The highest BCUT2D eigenvalue weighted by Gasteiger charge is 2.29. The van der Waals surface area contributed by atoms with Gasteiger partial charge in [0.2, 0.25) is 0 Å². The van der Waals surface area contributed by atoms with Gasteiger partial charge in [-0.3, -0.25) is 23.9 Å². The number of rotatable bonds is 6. The number of aromatic nitrogens is 2. The second-order valence-electron chi connectivity index (χ2n) is 6.52. The molecule has 0 saturated heterocycles. The third kappa shape index (κ3) is 3.87. The molecule has 0 aliphatic rings. The predicted molar refractivity (Wildman–Crippen MR) is 111 cm³/mol. The Bertz CT molecular complexity index is 1220. The molecule has 10 nitrogen and oxygen atoms in total. The van der Waals surface area contributed by atoms with E-state index in [2.05, 4.69) is 10.4 Å². The van der Waals surface area contributed by atoms with Gasteiger partial charge in [0.25, 0.3) is 21.6 Å². The molecule has 1 heterocycles. The molecule has 0 spiro atoms. The molecule has 11 heteroatoms. The van der Waals surface area contributed by atoms with Crippen molar-refractivity contribution >= 4 is 33.1 Å². The number of nitro groups is 1. The van der Waals surface area contributed by atoms with Crippen molar-refractivity contribution in [2.75, 3.05) is 16.7 Å². The highest BCUT2D eigenvalue weighted by Crippen LogP contribution is 2.28. The van der Waals surface area contributed by atoms with Crippen LogP contribution in [0, 0.1) is 17.0 Å². The van der Waals surface area contributed by atoms with Crippen molar-refractivity contribution < 1.29 is 18.1 Å². The summed E-state index contributed by atoms with van der Waals surface area (Å²) in [6.07, 6.45) is 1.21. The number of amides is 1. The molecular weight excluding hydrogens is 410 g/mol. The average Bonchev–Trinajstić information content (AvgIpc) is 3.09. The summed E-state index contributed by atoms with van der Waals surface area (Å²) in [5, 5.41) is 17.6. The molecule has 0 saturated carbocycles. The van der Waals surface area contributed by atoms with Crippen LogP contribution in [0.25, 0.3) is 0 Å². The molecule has 0 unspecified atom stereocenters. The molecule has 3 rings (SSSR count). The van der Waals surface area contributed by atoms with Gasteiger partial charge in [0.1, 0.15) is 11.3 Å². The molecule has 0 aliphatic carbocycles. The molecule has 0 aliphatic heterocycles. The maximum atomic E-state index is 13.0. The molecule has 0 radical (unpaired) electrons. The maximum absolute atomic E-state index is 13.0. The molecule has 0 atom stereocenters. The second-order valence-corrected chi connectivity index (χ2v) is 8.49. The lowest BCUT2D eigenvalue weighted by atomic mass is 10.2. The van der Waals surface area contributed by atoms with E-state index in [0.717, 1.165) is 9.87 Å². The minimum atomic E-state index is -3.97. The van der Waals surface area contributed by atoms with Crippen LogP contribution in [0.2, 0.25) is 0 Å². The van der Waals surface area contributed by atoms with Crippen molar-refractivity contribution in [1.82, 2.24) is 9.78 Å². The number of nitro benzene ring substituents is 1. The monoisotopic (exact) mass is 429 g/mol. The van der Waals surface area contributed by atoms with E-state index in [1.165, 1.54) is 55.3 Å². The molecule has 1 amide bonds. The number of hydrogen-bond donors (Lipinski definition) is 1. The highest BCUT2D eigenvalue weighted by molar-refractivity contribution is 7.92. The fourth-order valence-electron chi connectivity index (χ4n) is 2.88. The van der Waals surface area contributed by atoms with Crippen molar-refractivity contribution in [2.45, 2.75) is 11.8 Å². The Kier molecular flexibility index (Phi) is 5.56. The lowest BCUT2D eigenvalue weighted by Crippen LogP contribution is -2.30. The van der Waals surface area contributed by atoms with E-state index in [4.69, 9.17) is 0 Å². The smallest absolute Gasteiger partial charge is 0.292 e. The van der Waals surface area contributed by atoms with Crippen LogP contribution in [-0.4, -0.2) is 36.1 Å². The normalized spacial score (nSPS) is 11.2. The second kappa shape index (κ2) is 7.95. The molecule has 156 valence electrons. The van der Waals surface area contributed by atoms with Gasteiger partial charge in [-0.25, -0.2) is 8.42 Å². The summed E-state index contributed by atoms with van der Waals surface area (Å²) in [4.78, 5) is 23.4. The van der Waals surface area contributed by atoms with E-state index < -0.39 is 20.9 Å². The van der Waals surface area contributed by atoms with Crippen LogP contribution in [0.5, 0.6) is 0 Å². The Labute approximate surface area is 172 Å². The SMILES string of the molecule is Cc1ccc(S(=O)(=O)N(C)c2c(C(=O)Nc3ccccc3[N+](=O)[O-])cnn2C)cc1. The molecule has 1 N–H and O–H groups in total. The zero-order chi connectivity index (χ0) is 22.1. The summed E-state index contributed by atoms with van der Waals surface area (Å²) in [5.74, 6) is -0.704. The average molecular weight is 429 g/mol. The van der Waals surface area contributed by atoms with Crippen LogP contribution in [0.3, 0.4) is 0 Å². The van der Waals surface area contributed by atoms with Gasteiger partial charge < -0.3 is 5.32 Å². The predicted octanol–water partition coefficient (Wildman–Crippen LogP) is 2.71. The van der Waals surface area contributed by atoms with Crippen molar-refractivity contribution in [1.29, 1.82) is 0 Å². The number of nitrogens with zero attached hydrogens (tertiary/aromatic N) is 4. The van der Waals surface area contributed by atoms with Gasteiger partial charge in [0, 0.05) is 20.2 Å². The lowest BCUT2D eigenvalue weighted by Gasteiger charge is -2.21. The zero-order valence-corrected chi connectivity index (χ0v) is 17.3. The summed E-state index contributed by atoms with van der Waals surface area (Å²) in [7, 11) is -1.16. The number of sulfonamides is 1. The van der Waals surface area contributed by atoms with Gasteiger partial charge in [-0.15, -0.1) is 0 Å². The summed E-state index contributed by atoms with van der Waals surface area (Å²) in [6.45, 7) is 1.84. The number of para-hydroxylation sites is 2. The Hall–Kier alpha value is -3.73. The molecule has 2 aromatic carbocycles. The van der Waals surface area contributed by atoms with Crippen LogP contribution in [0.15, 0.2) is 59.6 Å². The van der Waals surface area contributed by atoms with Crippen LogP contribution in [0.1, 0.15) is 15.9 Å². The molecule has 30 heavy (non-hydrogen) atoms. The fraction of sp³-hybridized carbons (Fsp3) is 0.158. The third-order valence-corrected chi connectivity index (χ3v) is 6.24. The molecule has 0 fully saturated rings. The maximum Gasteiger partial charge on any atom is 0.292 e. The first-order valence-corrected chi connectivity index (χ1v) is 10.2. The van der Waals surface area contributed by atoms with Gasteiger partial charge in [-0.05, 0) is 25.1 Å². The van der Waals surface area contributed by atoms with E-state index in [-0.39, 0.29) is 27.7 Å². The number of anilines is 2. The third-order valence-electron chi connectivity index (χ3n) is 4.48. The topological polar surface area (TPSA) is 127 Å². The van der Waals surface area contributed by atoms with Crippen LogP contribution in [-0.2, 0) is 17.1 Å². The number of hydrogen-bond acceptors (Lipinski definition) is 6. The number of aryl methyl sites for hydroxylation is 2. The van der Waals surface area contributed by atoms with Gasteiger partial charge in [0.15, 0.2) is 5.82 Å². The first-order chi connectivity index (χ1) is 14.1. The molecule has 3 aromatic rings. The van der Waals surface area contributed by atoms with E-state index in [1.807, 2.05) is 6.92 Å². The van der Waals surface area contributed by atoms with Gasteiger partial charge >= 0.3 is 0 Å². The summed E-state index contributed by atoms with van der Waals surface area (Å²) >= 11 is 0. The Morgan fingerprint density at radius 3 is 2.43 bits per heavy atom. The van der Waals surface area contributed by atoms with Crippen LogP contribution in [0.4, 0.5) is 17.2 Å². The first kappa shape index (κ1) is 21.0.